The minimum atomic E-state index is 0.0409. The molecule has 0 bridgehead atoms. The van der Waals surface area contributed by atoms with E-state index in [1.165, 1.54) is 38.9 Å². The third-order valence-electron chi connectivity index (χ3n) is 7.79. The first-order valence-electron chi connectivity index (χ1n) is 12.9. The Balaban J connectivity index is 1.83. The lowest BCUT2D eigenvalue weighted by Crippen LogP contribution is -2.27. The maximum atomic E-state index is 4.87. The van der Waals surface area contributed by atoms with Gasteiger partial charge in [0.25, 0.3) is 0 Å². The maximum Gasteiger partial charge on any atom is 0.0708 e. The molecule has 0 saturated heterocycles. The Bertz CT molecular complexity index is 1270. The quantitative estimate of drug-likeness (QED) is 0.278. The molecular formula is C34H39N. The zero-order chi connectivity index (χ0) is 25.2. The highest BCUT2D eigenvalue weighted by Gasteiger charge is 2.30. The van der Waals surface area contributed by atoms with Crippen molar-refractivity contribution in [3.63, 3.8) is 0 Å². The molecule has 1 unspecified atom stereocenters. The smallest absolute Gasteiger partial charge is 0.0708 e. The molecule has 0 aliphatic rings. The van der Waals surface area contributed by atoms with E-state index in [0.29, 0.717) is 5.92 Å². The average Bonchev–Trinajstić information content (AvgIpc) is 2.88. The number of hydrogen-bond acceptors (Lipinski definition) is 1. The lowest BCUT2D eigenvalue weighted by molar-refractivity contribution is 0.335. The van der Waals surface area contributed by atoms with Gasteiger partial charge in [-0.3, -0.25) is 4.98 Å². The summed E-state index contributed by atoms with van der Waals surface area (Å²) in [6.45, 7) is 16.2. The molecule has 1 aromatic heterocycles. The second-order valence-corrected chi connectivity index (χ2v) is 11.4. The first-order valence-corrected chi connectivity index (χ1v) is 12.9. The standard InChI is InChI=1S/C34H39N/c1-8-24(2)34(6,7)31-19-18-28(22-30(31)32-23-29(20-21-35-32)33(3,4)5)27-16-14-26(15-17-27)25-12-10-9-11-13-25/h9-24H,8H2,1-7H3. The Morgan fingerprint density at radius 3 is 1.86 bits per heavy atom. The van der Waals surface area contributed by atoms with Crippen LogP contribution in [0.3, 0.4) is 0 Å². The molecule has 1 nitrogen and oxygen atoms in total. The van der Waals surface area contributed by atoms with E-state index >= 15 is 0 Å². The average molecular weight is 462 g/mol. The Kier molecular flexibility index (Phi) is 6.99. The van der Waals surface area contributed by atoms with Crippen LogP contribution in [0.4, 0.5) is 0 Å². The SMILES string of the molecule is CCC(C)C(C)(C)c1ccc(-c2ccc(-c3ccccc3)cc2)cc1-c1cc(C(C)(C)C)ccn1. The highest BCUT2D eigenvalue weighted by atomic mass is 14.7. The fourth-order valence-electron chi connectivity index (χ4n) is 4.80. The van der Waals surface area contributed by atoms with Crippen LogP contribution < -0.4 is 0 Å². The monoisotopic (exact) mass is 461 g/mol. The lowest BCUT2D eigenvalue weighted by Gasteiger charge is -2.34. The van der Waals surface area contributed by atoms with E-state index in [0.717, 1.165) is 12.1 Å². The van der Waals surface area contributed by atoms with Crippen LogP contribution in [0.5, 0.6) is 0 Å². The van der Waals surface area contributed by atoms with Crippen molar-refractivity contribution in [2.75, 3.05) is 0 Å². The van der Waals surface area contributed by atoms with Gasteiger partial charge in [-0.25, -0.2) is 0 Å². The highest BCUT2D eigenvalue weighted by molar-refractivity contribution is 5.77. The van der Waals surface area contributed by atoms with Crippen molar-refractivity contribution in [1.82, 2.24) is 4.98 Å². The molecular weight excluding hydrogens is 422 g/mol. The summed E-state index contributed by atoms with van der Waals surface area (Å²) in [5.41, 5.74) is 10.0. The summed E-state index contributed by atoms with van der Waals surface area (Å²) in [5, 5.41) is 0. The van der Waals surface area contributed by atoms with Gasteiger partial charge in [0.05, 0.1) is 5.69 Å². The third-order valence-corrected chi connectivity index (χ3v) is 7.79. The number of aromatic nitrogens is 1. The molecule has 180 valence electrons. The number of rotatable bonds is 6. The fraction of sp³-hybridized carbons (Fsp3) is 0.324. The molecule has 0 spiro atoms. The van der Waals surface area contributed by atoms with E-state index in [4.69, 9.17) is 4.98 Å². The molecule has 0 radical (unpaired) electrons. The molecule has 35 heavy (non-hydrogen) atoms. The zero-order valence-electron chi connectivity index (χ0n) is 22.4. The van der Waals surface area contributed by atoms with Crippen molar-refractivity contribution in [1.29, 1.82) is 0 Å². The van der Waals surface area contributed by atoms with Gasteiger partial charge < -0.3 is 0 Å². The normalized spacial score (nSPS) is 13.0. The van der Waals surface area contributed by atoms with E-state index < -0.39 is 0 Å². The van der Waals surface area contributed by atoms with Crippen molar-refractivity contribution in [3.05, 3.63) is 102 Å². The summed E-state index contributed by atoms with van der Waals surface area (Å²) in [5.74, 6) is 0.558. The van der Waals surface area contributed by atoms with Crippen molar-refractivity contribution in [2.24, 2.45) is 5.92 Å². The summed E-state index contributed by atoms with van der Waals surface area (Å²) in [6, 6.07) is 30.9. The van der Waals surface area contributed by atoms with Crippen LogP contribution in [-0.4, -0.2) is 4.98 Å². The molecule has 0 N–H and O–H groups in total. The topological polar surface area (TPSA) is 12.9 Å². The van der Waals surface area contributed by atoms with Crippen molar-refractivity contribution >= 4 is 0 Å². The Morgan fingerprint density at radius 2 is 1.26 bits per heavy atom. The van der Waals surface area contributed by atoms with Gasteiger partial charge in [-0.2, -0.15) is 0 Å². The molecule has 1 heterocycles. The minimum Gasteiger partial charge on any atom is -0.256 e. The molecule has 3 aromatic carbocycles. The van der Waals surface area contributed by atoms with Gasteiger partial charge in [-0.15, -0.1) is 0 Å². The summed E-state index contributed by atoms with van der Waals surface area (Å²) >= 11 is 0. The summed E-state index contributed by atoms with van der Waals surface area (Å²) < 4.78 is 0. The van der Waals surface area contributed by atoms with Gasteiger partial charge in [-0.05, 0) is 68.3 Å². The molecule has 4 aromatic rings. The van der Waals surface area contributed by atoms with Crippen LogP contribution in [0.25, 0.3) is 33.5 Å². The van der Waals surface area contributed by atoms with Crippen LogP contribution in [0, 0.1) is 5.92 Å². The zero-order valence-corrected chi connectivity index (χ0v) is 22.4. The molecule has 0 amide bonds. The van der Waals surface area contributed by atoms with E-state index in [2.05, 4.69) is 133 Å². The number of pyridine rings is 1. The van der Waals surface area contributed by atoms with Gasteiger partial charge in [-0.1, -0.05) is 122 Å². The molecule has 0 saturated carbocycles. The Labute approximate surface area is 212 Å². The van der Waals surface area contributed by atoms with Crippen LogP contribution in [0.15, 0.2) is 91.1 Å². The van der Waals surface area contributed by atoms with E-state index in [1.54, 1.807) is 0 Å². The summed E-state index contributed by atoms with van der Waals surface area (Å²) in [6.07, 6.45) is 3.11. The van der Waals surface area contributed by atoms with Gasteiger partial charge in [0, 0.05) is 11.8 Å². The predicted molar refractivity (Wildman–Crippen MR) is 152 cm³/mol. The second kappa shape index (κ2) is 9.82. The van der Waals surface area contributed by atoms with Crippen molar-refractivity contribution in [3.8, 4) is 33.5 Å². The Hall–Kier alpha value is -3.19. The minimum absolute atomic E-state index is 0.0409. The third kappa shape index (κ3) is 5.25. The Morgan fingerprint density at radius 1 is 0.686 bits per heavy atom. The molecule has 0 fully saturated rings. The second-order valence-electron chi connectivity index (χ2n) is 11.4. The summed E-state index contributed by atoms with van der Waals surface area (Å²) in [7, 11) is 0. The number of nitrogens with zero attached hydrogens (tertiary/aromatic N) is 1. The first-order chi connectivity index (χ1) is 16.6. The van der Waals surface area contributed by atoms with Crippen molar-refractivity contribution < 1.29 is 0 Å². The lowest BCUT2D eigenvalue weighted by atomic mass is 9.70. The maximum absolute atomic E-state index is 4.87. The molecule has 1 atom stereocenters. The molecule has 0 aliphatic heterocycles. The van der Waals surface area contributed by atoms with Crippen molar-refractivity contribution in [2.45, 2.75) is 65.7 Å². The largest absolute Gasteiger partial charge is 0.256 e. The number of benzene rings is 3. The summed E-state index contributed by atoms with van der Waals surface area (Å²) in [4.78, 5) is 4.87. The fourth-order valence-corrected chi connectivity index (χ4v) is 4.80. The molecule has 1 heteroatoms. The van der Waals surface area contributed by atoms with Gasteiger partial charge >= 0.3 is 0 Å². The molecule has 4 rings (SSSR count). The molecule has 0 aliphatic carbocycles. The van der Waals surface area contributed by atoms with E-state index in [1.807, 2.05) is 6.20 Å². The highest BCUT2D eigenvalue weighted by Crippen LogP contribution is 2.41. The van der Waals surface area contributed by atoms with Crippen LogP contribution in [0.2, 0.25) is 0 Å². The number of hydrogen-bond donors (Lipinski definition) is 0. The van der Waals surface area contributed by atoms with E-state index in [9.17, 15) is 0 Å². The van der Waals surface area contributed by atoms with Crippen LogP contribution in [-0.2, 0) is 10.8 Å². The van der Waals surface area contributed by atoms with E-state index in [-0.39, 0.29) is 10.8 Å². The predicted octanol–water partition coefficient (Wildman–Crippen LogP) is 9.70. The van der Waals surface area contributed by atoms with Gasteiger partial charge in [0.2, 0.25) is 0 Å². The van der Waals surface area contributed by atoms with Crippen LogP contribution >= 0.6 is 0 Å². The van der Waals surface area contributed by atoms with Gasteiger partial charge in [0.1, 0.15) is 0 Å². The van der Waals surface area contributed by atoms with Crippen LogP contribution in [0.1, 0.15) is 66.0 Å². The first kappa shape index (κ1) is 24.9. The van der Waals surface area contributed by atoms with Gasteiger partial charge in [0.15, 0.2) is 0 Å².